The number of hydrogen-bond acceptors (Lipinski definition) is 1. The van der Waals surface area contributed by atoms with Gasteiger partial charge in [-0.25, -0.2) is 4.39 Å². The first-order valence-electron chi connectivity index (χ1n) is 7.03. The lowest BCUT2D eigenvalue weighted by Crippen LogP contribution is -2.01. The molecule has 0 amide bonds. The van der Waals surface area contributed by atoms with Gasteiger partial charge in [0.2, 0.25) is 0 Å². The summed E-state index contributed by atoms with van der Waals surface area (Å²) < 4.78 is 13.3. The molecule has 100 valence electrons. The molecule has 0 bridgehead atoms. The van der Waals surface area contributed by atoms with Crippen molar-refractivity contribution in [1.82, 2.24) is 0 Å². The van der Waals surface area contributed by atoms with E-state index in [-0.39, 0.29) is 11.3 Å². The highest BCUT2D eigenvalue weighted by molar-refractivity contribution is 5.96. The van der Waals surface area contributed by atoms with E-state index in [9.17, 15) is 9.18 Å². The number of unbranched alkanes of at least 4 members (excludes halogenated alkanes) is 6. The third-order valence-corrected chi connectivity index (χ3v) is 3.18. The first-order chi connectivity index (χ1) is 8.75. The summed E-state index contributed by atoms with van der Waals surface area (Å²) in [6, 6.07) is 6.23. The minimum absolute atomic E-state index is 0.0679. The second-order valence-corrected chi connectivity index (χ2v) is 4.77. The number of benzene rings is 1. The Balaban J connectivity index is 2.16. The van der Waals surface area contributed by atoms with E-state index in [2.05, 4.69) is 6.92 Å². The molecule has 0 heterocycles. The molecule has 18 heavy (non-hydrogen) atoms. The standard InChI is InChI=1S/C16H23FO/c1-2-3-4-5-6-7-8-13-16(18)14-11-9-10-12-15(14)17/h9-12H,2-8,13H2,1H3. The van der Waals surface area contributed by atoms with E-state index in [0.717, 1.165) is 12.8 Å². The molecule has 1 nitrogen and oxygen atoms in total. The molecule has 0 saturated heterocycles. The van der Waals surface area contributed by atoms with Crippen LogP contribution in [-0.2, 0) is 0 Å². The molecule has 1 rings (SSSR count). The van der Waals surface area contributed by atoms with E-state index in [1.165, 1.54) is 38.2 Å². The quantitative estimate of drug-likeness (QED) is 0.437. The predicted molar refractivity (Wildman–Crippen MR) is 73.3 cm³/mol. The summed E-state index contributed by atoms with van der Waals surface area (Å²) in [6.45, 7) is 2.20. The van der Waals surface area contributed by atoms with Crippen LogP contribution in [0.15, 0.2) is 24.3 Å². The van der Waals surface area contributed by atoms with Crippen molar-refractivity contribution in [1.29, 1.82) is 0 Å². The van der Waals surface area contributed by atoms with Gasteiger partial charge in [-0.15, -0.1) is 0 Å². The topological polar surface area (TPSA) is 17.1 Å². The summed E-state index contributed by atoms with van der Waals surface area (Å²) in [5, 5.41) is 0. The fourth-order valence-corrected chi connectivity index (χ4v) is 2.06. The molecule has 1 aromatic carbocycles. The van der Waals surface area contributed by atoms with E-state index in [0.29, 0.717) is 6.42 Å². The molecule has 0 spiro atoms. The predicted octanol–water partition coefficient (Wildman–Crippen LogP) is 5.15. The number of hydrogen-bond donors (Lipinski definition) is 0. The fraction of sp³-hybridized carbons (Fsp3) is 0.562. The van der Waals surface area contributed by atoms with Gasteiger partial charge in [0, 0.05) is 6.42 Å². The highest BCUT2D eigenvalue weighted by Crippen LogP contribution is 2.13. The van der Waals surface area contributed by atoms with Crippen LogP contribution in [0.3, 0.4) is 0 Å². The molecule has 0 N–H and O–H groups in total. The van der Waals surface area contributed by atoms with Crippen molar-refractivity contribution in [2.75, 3.05) is 0 Å². The Labute approximate surface area is 109 Å². The Morgan fingerprint density at radius 1 is 1.00 bits per heavy atom. The molecule has 0 saturated carbocycles. The zero-order valence-corrected chi connectivity index (χ0v) is 11.3. The molecular weight excluding hydrogens is 227 g/mol. The summed E-state index contributed by atoms with van der Waals surface area (Å²) in [6.07, 6.45) is 8.70. The summed E-state index contributed by atoms with van der Waals surface area (Å²) in [5.41, 5.74) is 0.239. The number of halogens is 1. The Bertz CT molecular complexity index is 360. The maximum atomic E-state index is 13.3. The lowest BCUT2D eigenvalue weighted by Gasteiger charge is -2.03. The summed E-state index contributed by atoms with van der Waals surface area (Å²) in [5.74, 6) is -0.466. The largest absolute Gasteiger partial charge is 0.294 e. The summed E-state index contributed by atoms with van der Waals surface area (Å²) in [4.78, 5) is 11.8. The monoisotopic (exact) mass is 250 g/mol. The van der Waals surface area contributed by atoms with Crippen molar-refractivity contribution in [2.24, 2.45) is 0 Å². The molecule has 0 aliphatic carbocycles. The van der Waals surface area contributed by atoms with Crippen molar-refractivity contribution in [3.63, 3.8) is 0 Å². The molecule has 0 aliphatic heterocycles. The molecule has 0 fully saturated rings. The Morgan fingerprint density at radius 2 is 1.61 bits per heavy atom. The molecule has 0 aliphatic rings. The number of carbonyl (C=O) groups excluding carboxylic acids is 1. The lowest BCUT2D eigenvalue weighted by atomic mass is 10.0. The molecule has 0 radical (unpaired) electrons. The van der Waals surface area contributed by atoms with Crippen molar-refractivity contribution in [2.45, 2.75) is 58.3 Å². The van der Waals surface area contributed by atoms with E-state index >= 15 is 0 Å². The average molecular weight is 250 g/mol. The van der Waals surface area contributed by atoms with Crippen molar-refractivity contribution in [3.8, 4) is 0 Å². The van der Waals surface area contributed by atoms with Gasteiger partial charge in [0.25, 0.3) is 0 Å². The first-order valence-corrected chi connectivity index (χ1v) is 7.03. The number of ketones is 1. The van der Waals surface area contributed by atoms with Gasteiger partial charge in [0.15, 0.2) is 5.78 Å². The lowest BCUT2D eigenvalue weighted by molar-refractivity contribution is 0.0975. The van der Waals surface area contributed by atoms with Gasteiger partial charge in [-0.05, 0) is 18.6 Å². The van der Waals surface area contributed by atoms with Gasteiger partial charge in [-0.3, -0.25) is 4.79 Å². The highest BCUT2D eigenvalue weighted by atomic mass is 19.1. The summed E-state index contributed by atoms with van der Waals surface area (Å²) >= 11 is 0. The van der Waals surface area contributed by atoms with Crippen molar-refractivity contribution < 1.29 is 9.18 Å². The van der Waals surface area contributed by atoms with Crippen LogP contribution in [-0.4, -0.2) is 5.78 Å². The van der Waals surface area contributed by atoms with Crippen LogP contribution in [0.5, 0.6) is 0 Å². The normalized spacial score (nSPS) is 10.6. The second kappa shape index (κ2) is 8.84. The molecule has 0 atom stereocenters. The SMILES string of the molecule is CCCCCCCCCC(=O)c1ccccc1F. The fourth-order valence-electron chi connectivity index (χ4n) is 2.06. The zero-order valence-electron chi connectivity index (χ0n) is 11.3. The minimum atomic E-state index is -0.398. The van der Waals surface area contributed by atoms with Crippen LogP contribution >= 0.6 is 0 Å². The van der Waals surface area contributed by atoms with Crippen LogP contribution in [0.2, 0.25) is 0 Å². The third kappa shape index (κ3) is 5.44. The van der Waals surface area contributed by atoms with Crippen LogP contribution in [0, 0.1) is 5.82 Å². The second-order valence-electron chi connectivity index (χ2n) is 4.77. The summed E-state index contributed by atoms with van der Waals surface area (Å²) in [7, 11) is 0. The van der Waals surface area contributed by atoms with Crippen LogP contribution in [0.25, 0.3) is 0 Å². The van der Waals surface area contributed by atoms with Crippen LogP contribution in [0.1, 0.15) is 68.6 Å². The number of rotatable bonds is 9. The van der Waals surface area contributed by atoms with Crippen molar-refractivity contribution >= 4 is 5.78 Å². The first kappa shape index (κ1) is 14.9. The number of Topliss-reactive ketones (excluding diaryl/α,β-unsaturated/α-hetero) is 1. The molecule has 0 aromatic heterocycles. The van der Waals surface area contributed by atoms with E-state index in [1.54, 1.807) is 18.2 Å². The van der Waals surface area contributed by atoms with Gasteiger partial charge in [0.05, 0.1) is 5.56 Å². The van der Waals surface area contributed by atoms with E-state index in [4.69, 9.17) is 0 Å². The highest BCUT2D eigenvalue weighted by Gasteiger charge is 2.09. The maximum Gasteiger partial charge on any atom is 0.165 e. The van der Waals surface area contributed by atoms with Crippen LogP contribution < -0.4 is 0 Å². The number of carbonyl (C=O) groups is 1. The Hall–Kier alpha value is -1.18. The Morgan fingerprint density at radius 3 is 2.28 bits per heavy atom. The van der Waals surface area contributed by atoms with Gasteiger partial charge < -0.3 is 0 Å². The van der Waals surface area contributed by atoms with Gasteiger partial charge in [-0.2, -0.15) is 0 Å². The molecule has 2 heteroatoms. The third-order valence-electron chi connectivity index (χ3n) is 3.18. The van der Waals surface area contributed by atoms with Crippen molar-refractivity contribution in [3.05, 3.63) is 35.6 Å². The van der Waals surface area contributed by atoms with Gasteiger partial charge >= 0.3 is 0 Å². The zero-order chi connectivity index (χ0) is 13.2. The van der Waals surface area contributed by atoms with Gasteiger partial charge in [0.1, 0.15) is 5.82 Å². The molecular formula is C16H23FO. The minimum Gasteiger partial charge on any atom is -0.294 e. The average Bonchev–Trinajstić information content (AvgIpc) is 2.38. The molecule has 0 unspecified atom stereocenters. The van der Waals surface area contributed by atoms with Crippen LogP contribution in [0.4, 0.5) is 4.39 Å². The van der Waals surface area contributed by atoms with Gasteiger partial charge in [-0.1, -0.05) is 57.6 Å². The molecule has 1 aromatic rings. The van der Waals surface area contributed by atoms with E-state index in [1.807, 2.05) is 0 Å². The smallest absolute Gasteiger partial charge is 0.165 e. The maximum absolute atomic E-state index is 13.3. The van der Waals surface area contributed by atoms with E-state index < -0.39 is 5.82 Å². The Kier molecular flexibility index (Phi) is 7.31.